The second kappa shape index (κ2) is 6.34. The molecule has 1 aliphatic rings. The minimum Gasteiger partial charge on any atom is -0.504 e. The summed E-state index contributed by atoms with van der Waals surface area (Å²) in [6.07, 6.45) is 0. The van der Waals surface area contributed by atoms with Gasteiger partial charge in [0.2, 0.25) is 0 Å². The molecular weight excluding hydrogens is 306 g/mol. The summed E-state index contributed by atoms with van der Waals surface area (Å²) in [6, 6.07) is 8.48. The van der Waals surface area contributed by atoms with Gasteiger partial charge in [-0.3, -0.25) is 0 Å². The summed E-state index contributed by atoms with van der Waals surface area (Å²) in [5.41, 5.74) is 2.68. The topological polar surface area (TPSA) is 82.0 Å². The molecule has 2 aromatic rings. The van der Waals surface area contributed by atoms with Crippen molar-refractivity contribution in [2.24, 2.45) is 0 Å². The minimum absolute atomic E-state index is 0. The number of benzene rings is 2. The van der Waals surface area contributed by atoms with Gasteiger partial charge in [0, 0.05) is 24.6 Å². The van der Waals surface area contributed by atoms with E-state index in [0.717, 1.165) is 16.7 Å². The van der Waals surface area contributed by atoms with Crippen LogP contribution in [0.15, 0.2) is 30.3 Å². The first kappa shape index (κ1) is 16.3. The van der Waals surface area contributed by atoms with Crippen LogP contribution in [-0.2, 0) is 6.54 Å². The molecule has 1 heterocycles. The molecule has 0 aliphatic carbocycles. The van der Waals surface area contributed by atoms with E-state index in [4.69, 9.17) is 4.74 Å². The van der Waals surface area contributed by atoms with Crippen molar-refractivity contribution < 1.29 is 20.1 Å². The normalized spacial score (nSPS) is 16.5. The van der Waals surface area contributed by atoms with Crippen LogP contribution >= 0.6 is 12.4 Å². The van der Waals surface area contributed by atoms with Crippen molar-refractivity contribution in [3.05, 3.63) is 47.0 Å². The first-order valence-electron chi connectivity index (χ1n) is 6.73. The fourth-order valence-electron chi connectivity index (χ4n) is 2.81. The largest absolute Gasteiger partial charge is 0.504 e. The highest BCUT2D eigenvalue weighted by Gasteiger charge is 2.25. The molecule has 22 heavy (non-hydrogen) atoms. The summed E-state index contributed by atoms with van der Waals surface area (Å²) >= 11 is 0. The van der Waals surface area contributed by atoms with Gasteiger partial charge in [0.15, 0.2) is 23.0 Å². The third-order valence-corrected chi connectivity index (χ3v) is 3.93. The second-order valence-corrected chi connectivity index (χ2v) is 5.12. The van der Waals surface area contributed by atoms with E-state index in [0.29, 0.717) is 18.8 Å². The van der Waals surface area contributed by atoms with Crippen molar-refractivity contribution in [1.29, 1.82) is 0 Å². The molecule has 118 valence electrons. The van der Waals surface area contributed by atoms with Crippen molar-refractivity contribution in [3.8, 4) is 23.0 Å². The Balaban J connectivity index is 0.00000176. The predicted octanol–water partition coefficient (Wildman–Crippen LogP) is 2.47. The number of hydrogen-bond donors (Lipinski definition) is 4. The number of halogens is 1. The number of ether oxygens (including phenoxy) is 1. The fourth-order valence-corrected chi connectivity index (χ4v) is 2.81. The lowest BCUT2D eigenvalue weighted by atomic mass is 9.85. The van der Waals surface area contributed by atoms with Gasteiger partial charge in [-0.1, -0.05) is 12.1 Å². The number of fused-ring (bicyclic) bond motifs is 1. The molecule has 0 fully saturated rings. The van der Waals surface area contributed by atoms with Crippen LogP contribution in [0.5, 0.6) is 23.0 Å². The number of phenolic OH excluding ortho intramolecular Hbond substituents is 3. The summed E-state index contributed by atoms with van der Waals surface area (Å²) in [4.78, 5) is 0. The minimum atomic E-state index is -0.141. The third kappa shape index (κ3) is 2.65. The number of aromatic hydroxyl groups is 3. The zero-order chi connectivity index (χ0) is 15.0. The Kier molecular flexibility index (Phi) is 4.68. The number of rotatable bonds is 2. The Morgan fingerprint density at radius 2 is 1.86 bits per heavy atom. The Bertz CT molecular complexity index is 690. The maximum Gasteiger partial charge on any atom is 0.162 e. The fraction of sp³-hybridized carbons (Fsp3) is 0.250. The van der Waals surface area contributed by atoms with E-state index in [1.165, 1.54) is 13.2 Å². The average molecular weight is 324 g/mol. The van der Waals surface area contributed by atoms with Crippen LogP contribution in [0.25, 0.3) is 0 Å². The number of methoxy groups -OCH3 is 1. The molecule has 0 amide bonds. The lowest BCUT2D eigenvalue weighted by molar-refractivity contribution is 0.367. The van der Waals surface area contributed by atoms with Gasteiger partial charge in [0.05, 0.1) is 7.11 Å². The van der Waals surface area contributed by atoms with E-state index in [-0.39, 0.29) is 35.6 Å². The van der Waals surface area contributed by atoms with E-state index in [9.17, 15) is 15.3 Å². The Hall–Kier alpha value is -2.11. The number of nitrogens with one attached hydrogen (secondary N) is 1. The van der Waals surface area contributed by atoms with Crippen LogP contribution < -0.4 is 10.1 Å². The number of phenols is 3. The van der Waals surface area contributed by atoms with Gasteiger partial charge in [0.1, 0.15) is 0 Å². The van der Waals surface area contributed by atoms with Crippen molar-refractivity contribution in [2.45, 2.75) is 12.5 Å². The summed E-state index contributed by atoms with van der Waals surface area (Å²) in [6.45, 7) is 1.27. The maximum atomic E-state index is 10.2. The molecule has 1 atom stereocenters. The monoisotopic (exact) mass is 323 g/mol. The van der Waals surface area contributed by atoms with Gasteiger partial charge in [-0.15, -0.1) is 12.4 Å². The van der Waals surface area contributed by atoms with Crippen molar-refractivity contribution in [1.82, 2.24) is 5.32 Å². The zero-order valence-corrected chi connectivity index (χ0v) is 12.9. The molecule has 2 aromatic carbocycles. The summed E-state index contributed by atoms with van der Waals surface area (Å²) in [7, 11) is 1.52. The van der Waals surface area contributed by atoms with Crippen molar-refractivity contribution in [3.63, 3.8) is 0 Å². The molecule has 0 aromatic heterocycles. The molecule has 0 radical (unpaired) electrons. The van der Waals surface area contributed by atoms with Crippen LogP contribution in [0.4, 0.5) is 0 Å². The standard InChI is InChI=1S/C16H17NO4.ClH/c1-21-15-5-3-10-11(7-17-8-12(10)16(15)20)9-2-4-13(18)14(19)6-9;/h2-6,11,17-20H,7-8H2,1H3;1H. The van der Waals surface area contributed by atoms with E-state index < -0.39 is 0 Å². The molecule has 0 saturated heterocycles. The van der Waals surface area contributed by atoms with Gasteiger partial charge in [0.25, 0.3) is 0 Å². The smallest absolute Gasteiger partial charge is 0.162 e. The average Bonchev–Trinajstić information content (AvgIpc) is 2.50. The van der Waals surface area contributed by atoms with E-state index in [2.05, 4.69) is 5.32 Å². The third-order valence-electron chi connectivity index (χ3n) is 3.93. The molecule has 0 bridgehead atoms. The lowest BCUT2D eigenvalue weighted by Crippen LogP contribution is -2.28. The Morgan fingerprint density at radius 3 is 2.55 bits per heavy atom. The first-order chi connectivity index (χ1) is 10.1. The van der Waals surface area contributed by atoms with E-state index >= 15 is 0 Å². The van der Waals surface area contributed by atoms with Crippen molar-refractivity contribution >= 4 is 12.4 Å². The SMILES string of the molecule is COc1ccc2c(c1O)CNCC2c1ccc(O)c(O)c1.Cl. The summed E-state index contributed by atoms with van der Waals surface area (Å²) < 4.78 is 5.14. The van der Waals surface area contributed by atoms with Crippen molar-refractivity contribution in [2.75, 3.05) is 13.7 Å². The highest BCUT2D eigenvalue weighted by molar-refractivity contribution is 5.85. The predicted molar refractivity (Wildman–Crippen MR) is 85.2 cm³/mol. The summed E-state index contributed by atoms with van der Waals surface area (Å²) in [5, 5.41) is 32.6. The highest BCUT2D eigenvalue weighted by atomic mass is 35.5. The van der Waals surface area contributed by atoms with E-state index in [1.807, 2.05) is 6.07 Å². The van der Waals surface area contributed by atoms with Crippen LogP contribution in [0.1, 0.15) is 22.6 Å². The van der Waals surface area contributed by atoms with Gasteiger partial charge < -0.3 is 25.4 Å². The first-order valence-corrected chi connectivity index (χ1v) is 6.73. The molecule has 3 rings (SSSR count). The lowest BCUT2D eigenvalue weighted by Gasteiger charge is -2.28. The molecule has 4 N–H and O–H groups in total. The molecule has 1 unspecified atom stereocenters. The quantitative estimate of drug-likeness (QED) is 0.638. The van der Waals surface area contributed by atoms with Crippen LogP contribution in [0.3, 0.4) is 0 Å². The zero-order valence-electron chi connectivity index (χ0n) is 12.0. The molecule has 1 aliphatic heterocycles. The number of hydrogen-bond acceptors (Lipinski definition) is 5. The molecule has 6 heteroatoms. The summed E-state index contributed by atoms with van der Waals surface area (Å²) in [5.74, 6) is 0.315. The molecule has 5 nitrogen and oxygen atoms in total. The maximum absolute atomic E-state index is 10.2. The van der Waals surface area contributed by atoms with Crippen LogP contribution in [-0.4, -0.2) is 29.0 Å². The molecular formula is C16H18ClNO4. The van der Waals surface area contributed by atoms with Gasteiger partial charge >= 0.3 is 0 Å². The van der Waals surface area contributed by atoms with Gasteiger partial charge in [-0.2, -0.15) is 0 Å². The van der Waals surface area contributed by atoms with Crippen LogP contribution in [0.2, 0.25) is 0 Å². The van der Waals surface area contributed by atoms with Gasteiger partial charge in [-0.05, 0) is 29.3 Å². The Labute approximate surface area is 134 Å². The van der Waals surface area contributed by atoms with E-state index in [1.54, 1.807) is 18.2 Å². The Morgan fingerprint density at radius 1 is 1.09 bits per heavy atom. The molecule has 0 saturated carbocycles. The highest BCUT2D eigenvalue weighted by Crippen LogP contribution is 2.40. The molecule has 0 spiro atoms. The van der Waals surface area contributed by atoms with Gasteiger partial charge in [-0.25, -0.2) is 0 Å². The second-order valence-electron chi connectivity index (χ2n) is 5.12. The van der Waals surface area contributed by atoms with Crippen LogP contribution in [0, 0.1) is 0 Å².